The van der Waals surface area contributed by atoms with Crippen molar-refractivity contribution in [3.8, 4) is 11.3 Å². The second-order valence-electron chi connectivity index (χ2n) is 4.27. The van der Waals surface area contributed by atoms with Gasteiger partial charge >= 0.3 is 0 Å². The summed E-state index contributed by atoms with van der Waals surface area (Å²) in [5.74, 6) is 0. The average molecular weight is 227 g/mol. The van der Waals surface area contributed by atoms with Crippen LogP contribution in [0, 0.1) is 13.8 Å². The van der Waals surface area contributed by atoms with Gasteiger partial charge in [-0.05, 0) is 43.0 Å². The smallest absolute Gasteiger partial charge is 0.0704 e. The van der Waals surface area contributed by atoms with Crippen LogP contribution in [0.2, 0.25) is 0 Å². The Bertz CT molecular complexity index is 503. The van der Waals surface area contributed by atoms with E-state index < -0.39 is 0 Å². The van der Waals surface area contributed by atoms with Gasteiger partial charge in [-0.3, -0.25) is 4.98 Å². The summed E-state index contributed by atoms with van der Waals surface area (Å²) in [4.78, 5) is 4.46. The van der Waals surface area contributed by atoms with Gasteiger partial charge in [0.2, 0.25) is 0 Å². The molecule has 0 aliphatic rings. The summed E-state index contributed by atoms with van der Waals surface area (Å²) in [6, 6.07) is 10.3. The number of aliphatic hydroxyl groups excluding tert-OH is 1. The molecule has 2 rings (SSSR count). The summed E-state index contributed by atoms with van der Waals surface area (Å²) >= 11 is 0. The molecule has 1 heterocycles. The second-order valence-corrected chi connectivity index (χ2v) is 4.27. The van der Waals surface area contributed by atoms with Crippen LogP contribution in [0.1, 0.15) is 16.7 Å². The number of nitrogens with zero attached hydrogens (tertiary/aromatic N) is 1. The molecule has 2 aromatic rings. The molecule has 0 amide bonds. The molecule has 1 aromatic carbocycles. The van der Waals surface area contributed by atoms with Crippen molar-refractivity contribution in [2.24, 2.45) is 0 Å². The summed E-state index contributed by atoms with van der Waals surface area (Å²) in [5, 5.41) is 8.86. The summed E-state index contributed by atoms with van der Waals surface area (Å²) in [5.41, 5.74) is 5.80. The van der Waals surface area contributed by atoms with Gasteiger partial charge in [0.25, 0.3) is 0 Å². The Balaban J connectivity index is 2.36. The van der Waals surface area contributed by atoms with E-state index in [1.54, 1.807) is 0 Å². The Morgan fingerprint density at radius 1 is 1.12 bits per heavy atom. The molecular weight excluding hydrogens is 210 g/mol. The lowest BCUT2D eigenvalue weighted by Gasteiger charge is -2.08. The molecule has 1 aromatic heterocycles. The largest absolute Gasteiger partial charge is 0.396 e. The van der Waals surface area contributed by atoms with Crippen LogP contribution in [0.25, 0.3) is 11.3 Å². The van der Waals surface area contributed by atoms with E-state index >= 15 is 0 Å². The topological polar surface area (TPSA) is 33.1 Å². The van der Waals surface area contributed by atoms with Gasteiger partial charge in [0.05, 0.1) is 5.69 Å². The van der Waals surface area contributed by atoms with Crippen LogP contribution in [0.3, 0.4) is 0 Å². The SMILES string of the molecule is Cc1cccc(-c2ccc(CCO)cn2)c1C. The van der Waals surface area contributed by atoms with E-state index in [0.717, 1.165) is 11.3 Å². The minimum absolute atomic E-state index is 0.171. The highest BCUT2D eigenvalue weighted by Gasteiger charge is 2.04. The lowest BCUT2D eigenvalue weighted by Crippen LogP contribution is -1.94. The number of rotatable bonds is 3. The molecule has 0 fully saturated rings. The van der Waals surface area contributed by atoms with Gasteiger partial charge in [-0.2, -0.15) is 0 Å². The van der Waals surface area contributed by atoms with Crippen LogP contribution in [-0.4, -0.2) is 16.7 Å². The van der Waals surface area contributed by atoms with Crippen molar-refractivity contribution >= 4 is 0 Å². The van der Waals surface area contributed by atoms with Gasteiger partial charge in [0, 0.05) is 18.4 Å². The van der Waals surface area contributed by atoms with E-state index in [4.69, 9.17) is 5.11 Å². The molecule has 17 heavy (non-hydrogen) atoms. The van der Waals surface area contributed by atoms with E-state index in [1.165, 1.54) is 16.7 Å². The number of pyridine rings is 1. The van der Waals surface area contributed by atoms with Gasteiger partial charge in [-0.15, -0.1) is 0 Å². The minimum Gasteiger partial charge on any atom is -0.396 e. The third-order valence-electron chi connectivity index (χ3n) is 3.11. The van der Waals surface area contributed by atoms with Crippen molar-refractivity contribution in [3.63, 3.8) is 0 Å². The number of aryl methyl sites for hydroxylation is 1. The molecule has 0 radical (unpaired) electrons. The quantitative estimate of drug-likeness (QED) is 0.874. The maximum atomic E-state index is 8.86. The molecule has 1 N–H and O–H groups in total. The monoisotopic (exact) mass is 227 g/mol. The second kappa shape index (κ2) is 5.11. The first kappa shape index (κ1) is 11.8. The summed E-state index contributed by atoms with van der Waals surface area (Å²) in [6.07, 6.45) is 2.51. The number of aliphatic hydroxyl groups is 1. The van der Waals surface area contributed by atoms with Crippen LogP contribution in [0.5, 0.6) is 0 Å². The Morgan fingerprint density at radius 3 is 2.59 bits per heavy atom. The zero-order chi connectivity index (χ0) is 12.3. The molecule has 2 heteroatoms. The first-order valence-electron chi connectivity index (χ1n) is 5.84. The standard InChI is InChI=1S/C15H17NO/c1-11-4-3-5-14(12(11)2)15-7-6-13(8-9-17)10-16-15/h3-7,10,17H,8-9H2,1-2H3. The van der Waals surface area contributed by atoms with E-state index in [-0.39, 0.29) is 6.61 Å². The highest BCUT2D eigenvalue weighted by molar-refractivity contribution is 5.64. The molecule has 0 spiro atoms. The predicted octanol–water partition coefficient (Wildman–Crippen LogP) is 2.90. The fourth-order valence-corrected chi connectivity index (χ4v) is 1.89. The molecule has 0 unspecified atom stereocenters. The fraction of sp³-hybridized carbons (Fsp3) is 0.267. The minimum atomic E-state index is 0.171. The van der Waals surface area contributed by atoms with Crippen LogP contribution in [0.4, 0.5) is 0 Å². The van der Waals surface area contributed by atoms with Crippen LogP contribution in [0.15, 0.2) is 36.5 Å². The molecule has 0 aliphatic heterocycles. The summed E-state index contributed by atoms with van der Waals surface area (Å²) in [7, 11) is 0. The zero-order valence-electron chi connectivity index (χ0n) is 10.3. The molecule has 0 bridgehead atoms. The highest BCUT2D eigenvalue weighted by atomic mass is 16.2. The average Bonchev–Trinajstić information content (AvgIpc) is 2.34. The molecule has 2 nitrogen and oxygen atoms in total. The molecule has 0 aliphatic carbocycles. The van der Waals surface area contributed by atoms with Gasteiger partial charge in [-0.1, -0.05) is 24.3 Å². The number of benzene rings is 1. The summed E-state index contributed by atoms with van der Waals surface area (Å²) < 4.78 is 0. The molecule has 88 valence electrons. The van der Waals surface area contributed by atoms with Gasteiger partial charge in [0.15, 0.2) is 0 Å². The number of hydrogen-bond donors (Lipinski definition) is 1. The van der Waals surface area contributed by atoms with E-state index in [9.17, 15) is 0 Å². The van der Waals surface area contributed by atoms with E-state index in [2.05, 4.69) is 37.0 Å². The number of hydrogen-bond acceptors (Lipinski definition) is 2. The molecule has 0 saturated heterocycles. The van der Waals surface area contributed by atoms with Gasteiger partial charge in [-0.25, -0.2) is 0 Å². The predicted molar refractivity (Wildman–Crippen MR) is 69.9 cm³/mol. The van der Waals surface area contributed by atoms with Crippen LogP contribution < -0.4 is 0 Å². The Kier molecular flexibility index (Phi) is 3.55. The van der Waals surface area contributed by atoms with Crippen molar-refractivity contribution in [1.82, 2.24) is 4.98 Å². The molecule has 0 saturated carbocycles. The summed E-state index contributed by atoms with van der Waals surface area (Å²) in [6.45, 7) is 4.40. The van der Waals surface area contributed by atoms with Gasteiger partial charge in [0.1, 0.15) is 0 Å². The maximum absolute atomic E-state index is 8.86. The van der Waals surface area contributed by atoms with Crippen LogP contribution in [-0.2, 0) is 6.42 Å². The third kappa shape index (κ3) is 2.53. The lowest BCUT2D eigenvalue weighted by molar-refractivity contribution is 0.299. The zero-order valence-corrected chi connectivity index (χ0v) is 10.3. The molecule has 0 atom stereocenters. The van der Waals surface area contributed by atoms with Crippen molar-refractivity contribution in [3.05, 3.63) is 53.2 Å². The van der Waals surface area contributed by atoms with E-state index in [1.807, 2.05) is 18.3 Å². The normalized spacial score (nSPS) is 10.5. The van der Waals surface area contributed by atoms with E-state index in [0.29, 0.717) is 6.42 Å². The van der Waals surface area contributed by atoms with Crippen molar-refractivity contribution < 1.29 is 5.11 Å². The third-order valence-corrected chi connectivity index (χ3v) is 3.11. The van der Waals surface area contributed by atoms with Crippen molar-refractivity contribution in [1.29, 1.82) is 0 Å². The first-order chi connectivity index (χ1) is 8.22. The molecular formula is C15H17NO. The Morgan fingerprint density at radius 2 is 1.94 bits per heavy atom. The lowest BCUT2D eigenvalue weighted by atomic mass is 10.0. The van der Waals surface area contributed by atoms with Crippen molar-refractivity contribution in [2.75, 3.05) is 6.61 Å². The fourth-order valence-electron chi connectivity index (χ4n) is 1.89. The Hall–Kier alpha value is -1.67. The number of aromatic nitrogens is 1. The first-order valence-corrected chi connectivity index (χ1v) is 5.84. The van der Waals surface area contributed by atoms with Crippen molar-refractivity contribution in [2.45, 2.75) is 20.3 Å². The Labute approximate surface area is 102 Å². The van der Waals surface area contributed by atoms with Crippen LogP contribution >= 0.6 is 0 Å². The van der Waals surface area contributed by atoms with Gasteiger partial charge < -0.3 is 5.11 Å². The maximum Gasteiger partial charge on any atom is 0.0704 e. The highest BCUT2D eigenvalue weighted by Crippen LogP contribution is 2.23.